The summed E-state index contributed by atoms with van der Waals surface area (Å²) in [6, 6.07) is 0. The number of cyclic esters (lactones) is 1. The SMILES string of the molecule is O=C1CCCC(=O)OCCCNC(=O)C1. The number of ketones is 1. The number of nitrogens with one attached hydrogen (secondary N) is 1. The van der Waals surface area contributed by atoms with Gasteiger partial charge in [0.2, 0.25) is 5.91 Å². The zero-order valence-electron chi connectivity index (χ0n) is 8.58. The lowest BCUT2D eigenvalue weighted by molar-refractivity contribution is -0.143. The molecule has 0 aromatic carbocycles. The molecule has 0 unspecified atom stereocenters. The van der Waals surface area contributed by atoms with Crippen LogP contribution in [0.1, 0.15) is 32.1 Å². The Morgan fingerprint density at radius 3 is 2.67 bits per heavy atom. The molecule has 0 radical (unpaired) electrons. The van der Waals surface area contributed by atoms with E-state index in [4.69, 9.17) is 4.74 Å². The van der Waals surface area contributed by atoms with Gasteiger partial charge in [-0.2, -0.15) is 0 Å². The van der Waals surface area contributed by atoms with Crippen LogP contribution >= 0.6 is 0 Å². The van der Waals surface area contributed by atoms with E-state index in [0.717, 1.165) is 0 Å². The zero-order valence-corrected chi connectivity index (χ0v) is 8.58. The standard InChI is InChI=1S/C10H15NO4/c12-8-3-1-4-10(14)15-6-2-5-11-9(13)7-8/h1-7H2,(H,11,13). The Bertz CT molecular complexity index is 262. The number of hydrogen-bond donors (Lipinski definition) is 1. The molecule has 1 saturated heterocycles. The maximum atomic E-state index is 11.2. The number of hydrogen-bond acceptors (Lipinski definition) is 4. The second-order valence-corrected chi connectivity index (χ2v) is 3.49. The van der Waals surface area contributed by atoms with Gasteiger partial charge >= 0.3 is 5.97 Å². The highest BCUT2D eigenvalue weighted by atomic mass is 16.5. The van der Waals surface area contributed by atoms with Crippen molar-refractivity contribution in [1.29, 1.82) is 0 Å². The summed E-state index contributed by atoms with van der Waals surface area (Å²) in [5, 5.41) is 2.59. The van der Waals surface area contributed by atoms with Crippen molar-refractivity contribution in [2.75, 3.05) is 13.2 Å². The van der Waals surface area contributed by atoms with Crippen molar-refractivity contribution in [3.8, 4) is 0 Å². The molecule has 0 aromatic heterocycles. The van der Waals surface area contributed by atoms with E-state index >= 15 is 0 Å². The van der Waals surface area contributed by atoms with Crippen molar-refractivity contribution in [1.82, 2.24) is 5.32 Å². The third-order valence-corrected chi connectivity index (χ3v) is 2.10. The Kier molecular flexibility index (Phi) is 4.80. The Balaban J connectivity index is 2.40. The summed E-state index contributed by atoms with van der Waals surface area (Å²) in [5.74, 6) is -0.637. The molecule has 1 aliphatic rings. The molecular formula is C10H15NO4. The predicted octanol–water partition coefficient (Wildman–Crippen LogP) is 0.179. The number of ether oxygens (including phenoxy) is 1. The maximum absolute atomic E-state index is 11.2. The molecule has 0 atom stereocenters. The third-order valence-electron chi connectivity index (χ3n) is 2.10. The zero-order chi connectivity index (χ0) is 11.1. The van der Waals surface area contributed by atoms with Crippen LogP contribution in [0.2, 0.25) is 0 Å². The Labute approximate surface area is 88.2 Å². The van der Waals surface area contributed by atoms with E-state index in [1.54, 1.807) is 0 Å². The highest BCUT2D eigenvalue weighted by Gasteiger charge is 2.11. The molecule has 1 fully saturated rings. The summed E-state index contributed by atoms with van der Waals surface area (Å²) < 4.78 is 4.88. The minimum absolute atomic E-state index is 0.0744. The van der Waals surface area contributed by atoms with Crippen LogP contribution in [-0.2, 0) is 19.1 Å². The van der Waals surface area contributed by atoms with Gasteiger partial charge in [-0.05, 0) is 12.8 Å². The molecule has 0 saturated carbocycles. The molecule has 1 rings (SSSR count). The topological polar surface area (TPSA) is 72.5 Å². The average Bonchev–Trinajstić information content (AvgIpc) is 2.15. The van der Waals surface area contributed by atoms with E-state index in [2.05, 4.69) is 5.32 Å². The molecule has 5 heteroatoms. The molecule has 0 bridgehead atoms. The van der Waals surface area contributed by atoms with Gasteiger partial charge in [-0.1, -0.05) is 0 Å². The van der Waals surface area contributed by atoms with Crippen molar-refractivity contribution in [2.45, 2.75) is 32.1 Å². The summed E-state index contributed by atoms with van der Waals surface area (Å²) in [5.41, 5.74) is 0. The van der Waals surface area contributed by atoms with Crippen LogP contribution in [0.5, 0.6) is 0 Å². The molecule has 1 amide bonds. The van der Waals surface area contributed by atoms with Gasteiger partial charge in [-0.3, -0.25) is 14.4 Å². The molecule has 5 nitrogen and oxygen atoms in total. The minimum Gasteiger partial charge on any atom is -0.466 e. The normalized spacial score (nSPS) is 20.9. The first-order valence-electron chi connectivity index (χ1n) is 5.12. The van der Waals surface area contributed by atoms with Crippen LogP contribution in [-0.4, -0.2) is 30.8 Å². The monoisotopic (exact) mass is 213 g/mol. The first kappa shape index (κ1) is 11.7. The molecule has 1 heterocycles. The van der Waals surface area contributed by atoms with Gasteiger partial charge < -0.3 is 10.1 Å². The van der Waals surface area contributed by atoms with E-state index in [9.17, 15) is 14.4 Å². The van der Waals surface area contributed by atoms with Crippen LogP contribution in [0.25, 0.3) is 0 Å². The third kappa shape index (κ3) is 5.15. The number of amides is 1. The summed E-state index contributed by atoms with van der Waals surface area (Å²) >= 11 is 0. The summed E-state index contributed by atoms with van der Waals surface area (Å²) in [4.78, 5) is 33.4. The lowest BCUT2D eigenvalue weighted by Crippen LogP contribution is -2.28. The number of Topliss-reactive ketones (excluding diaryl/α,β-unsaturated/α-hetero) is 1. The van der Waals surface area contributed by atoms with Gasteiger partial charge in [0.25, 0.3) is 0 Å². The fraction of sp³-hybridized carbons (Fsp3) is 0.700. The lowest BCUT2D eigenvalue weighted by atomic mass is 10.1. The van der Waals surface area contributed by atoms with Crippen molar-refractivity contribution in [2.24, 2.45) is 0 Å². The average molecular weight is 213 g/mol. The highest BCUT2D eigenvalue weighted by Crippen LogP contribution is 2.02. The predicted molar refractivity (Wildman–Crippen MR) is 52.1 cm³/mol. The Morgan fingerprint density at radius 2 is 1.87 bits per heavy atom. The summed E-state index contributed by atoms with van der Waals surface area (Å²) in [6.07, 6.45) is 1.50. The van der Waals surface area contributed by atoms with Gasteiger partial charge in [0.15, 0.2) is 0 Å². The van der Waals surface area contributed by atoms with Crippen LogP contribution in [0.3, 0.4) is 0 Å². The van der Waals surface area contributed by atoms with E-state index < -0.39 is 0 Å². The van der Waals surface area contributed by atoms with Gasteiger partial charge in [0, 0.05) is 19.4 Å². The van der Waals surface area contributed by atoms with Gasteiger partial charge in [-0.15, -0.1) is 0 Å². The van der Waals surface area contributed by atoms with Crippen molar-refractivity contribution >= 4 is 17.7 Å². The highest BCUT2D eigenvalue weighted by molar-refractivity contribution is 5.98. The van der Waals surface area contributed by atoms with Crippen LogP contribution in [0.15, 0.2) is 0 Å². The molecule has 1 aliphatic heterocycles. The Hall–Kier alpha value is -1.39. The largest absolute Gasteiger partial charge is 0.466 e. The summed E-state index contributed by atoms with van der Waals surface area (Å²) in [7, 11) is 0. The first-order chi connectivity index (χ1) is 7.18. The van der Waals surface area contributed by atoms with Crippen LogP contribution in [0.4, 0.5) is 0 Å². The van der Waals surface area contributed by atoms with E-state index in [0.29, 0.717) is 26.0 Å². The lowest BCUT2D eigenvalue weighted by Gasteiger charge is -2.08. The van der Waals surface area contributed by atoms with Gasteiger partial charge in [-0.25, -0.2) is 0 Å². The molecule has 0 aliphatic carbocycles. The molecule has 0 spiro atoms. The number of rotatable bonds is 0. The number of carbonyl (C=O) groups excluding carboxylic acids is 3. The quantitative estimate of drug-likeness (QED) is 0.460. The van der Waals surface area contributed by atoms with E-state index in [-0.39, 0.29) is 36.9 Å². The number of esters is 1. The second-order valence-electron chi connectivity index (χ2n) is 3.49. The molecule has 1 N–H and O–H groups in total. The van der Waals surface area contributed by atoms with E-state index in [1.807, 2.05) is 0 Å². The molecule has 15 heavy (non-hydrogen) atoms. The maximum Gasteiger partial charge on any atom is 0.305 e. The molecular weight excluding hydrogens is 198 g/mol. The smallest absolute Gasteiger partial charge is 0.305 e. The number of carbonyl (C=O) groups is 3. The first-order valence-corrected chi connectivity index (χ1v) is 5.12. The second kappa shape index (κ2) is 6.16. The van der Waals surface area contributed by atoms with Crippen LogP contribution in [0, 0.1) is 0 Å². The van der Waals surface area contributed by atoms with Crippen molar-refractivity contribution < 1.29 is 19.1 Å². The molecule has 0 aromatic rings. The fourth-order valence-corrected chi connectivity index (χ4v) is 1.32. The molecule has 84 valence electrons. The van der Waals surface area contributed by atoms with Gasteiger partial charge in [0.1, 0.15) is 5.78 Å². The van der Waals surface area contributed by atoms with Crippen molar-refractivity contribution in [3.05, 3.63) is 0 Å². The van der Waals surface area contributed by atoms with Gasteiger partial charge in [0.05, 0.1) is 13.0 Å². The van der Waals surface area contributed by atoms with E-state index in [1.165, 1.54) is 0 Å². The fourth-order valence-electron chi connectivity index (χ4n) is 1.32. The van der Waals surface area contributed by atoms with Crippen molar-refractivity contribution in [3.63, 3.8) is 0 Å². The van der Waals surface area contributed by atoms with Crippen LogP contribution < -0.4 is 5.32 Å². The summed E-state index contributed by atoms with van der Waals surface area (Å²) in [6.45, 7) is 0.770. The minimum atomic E-state index is -0.269. The Morgan fingerprint density at radius 1 is 1.07 bits per heavy atom.